The molecule has 3 saturated carbocycles. The summed E-state index contributed by atoms with van der Waals surface area (Å²) in [7, 11) is 0. The van der Waals surface area contributed by atoms with E-state index in [1.807, 2.05) is 33.8 Å². The second-order valence-corrected chi connectivity index (χ2v) is 13.7. The Labute approximate surface area is 252 Å². The van der Waals surface area contributed by atoms with Gasteiger partial charge in [0.1, 0.15) is 0 Å². The maximum absolute atomic E-state index is 14.3. The van der Waals surface area contributed by atoms with Gasteiger partial charge in [-0.1, -0.05) is 64.0 Å². The van der Waals surface area contributed by atoms with E-state index in [0.717, 1.165) is 12.0 Å². The number of hydrogen-bond acceptors (Lipinski definition) is 7. The van der Waals surface area contributed by atoms with Crippen LogP contribution in [0.15, 0.2) is 54.1 Å². The molecular weight excluding hydrogens is 556 g/mol. The highest BCUT2D eigenvalue weighted by Gasteiger charge is 2.76. The summed E-state index contributed by atoms with van der Waals surface area (Å²) >= 11 is 7.57. The predicted octanol–water partition coefficient (Wildman–Crippen LogP) is 5.77. The highest BCUT2D eigenvalue weighted by Crippen LogP contribution is 2.72. The quantitative estimate of drug-likeness (QED) is 0.300. The third kappa shape index (κ3) is 4.41. The van der Waals surface area contributed by atoms with E-state index in [0.29, 0.717) is 31.2 Å². The Morgan fingerprint density at radius 2 is 1.83 bits per heavy atom. The lowest BCUT2D eigenvalue weighted by molar-refractivity contribution is -0.203. The number of halogens is 1. The summed E-state index contributed by atoms with van der Waals surface area (Å²) in [6.07, 6.45) is 7.47. The molecule has 0 saturated heterocycles. The molecule has 0 amide bonds. The summed E-state index contributed by atoms with van der Waals surface area (Å²) in [6, 6.07) is 8.43. The smallest absolute Gasteiger partial charge is 0.338 e. The van der Waals surface area contributed by atoms with Crippen LogP contribution in [0.25, 0.3) is 0 Å². The Bertz CT molecular complexity index is 1340. The van der Waals surface area contributed by atoms with Crippen LogP contribution in [0.1, 0.15) is 83.0 Å². The third-order valence-corrected chi connectivity index (χ3v) is 11.9. The maximum atomic E-state index is 14.3. The van der Waals surface area contributed by atoms with Crippen LogP contribution in [-0.2, 0) is 23.9 Å². The molecule has 0 radical (unpaired) electrons. The van der Waals surface area contributed by atoms with Gasteiger partial charge in [0.2, 0.25) is 5.78 Å². The lowest BCUT2D eigenvalue weighted by Gasteiger charge is -2.64. The van der Waals surface area contributed by atoms with Crippen molar-refractivity contribution >= 4 is 35.1 Å². The summed E-state index contributed by atoms with van der Waals surface area (Å²) < 4.78 is 11.8. The molecule has 1 aromatic carbocycles. The highest BCUT2D eigenvalue weighted by atomic mass is 35.5. The van der Waals surface area contributed by atoms with Crippen LogP contribution >= 0.6 is 11.6 Å². The van der Waals surface area contributed by atoms with Crippen LogP contribution in [0.2, 0.25) is 0 Å². The minimum Gasteiger partial charge on any atom is -0.454 e. The summed E-state index contributed by atoms with van der Waals surface area (Å²) in [5.74, 6) is -2.45. The molecule has 3 fully saturated rings. The van der Waals surface area contributed by atoms with Crippen LogP contribution in [0.3, 0.4) is 0 Å². The van der Waals surface area contributed by atoms with Crippen molar-refractivity contribution in [3.63, 3.8) is 0 Å². The zero-order valence-corrected chi connectivity index (χ0v) is 25.6. The monoisotopic (exact) mass is 596 g/mol. The van der Waals surface area contributed by atoms with Gasteiger partial charge in [0, 0.05) is 23.2 Å². The fraction of sp³-hybridized carbons (Fsp3) is 0.588. The Kier molecular flexibility index (Phi) is 8.08. The highest BCUT2D eigenvalue weighted by molar-refractivity contribution is 6.26. The molecule has 8 heteroatoms. The molecule has 226 valence electrons. The van der Waals surface area contributed by atoms with Gasteiger partial charge in [-0.15, -0.1) is 11.6 Å². The number of allylic oxidation sites excluding steroid dienone is 4. The lowest BCUT2D eigenvalue weighted by Crippen LogP contribution is -2.69. The Morgan fingerprint density at radius 1 is 1.12 bits per heavy atom. The molecule has 7 nitrogen and oxygen atoms in total. The Hall–Kier alpha value is -2.77. The molecule has 1 N–H and O–H groups in total. The first kappa shape index (κ1) is 30.7. The van der Waals surface area contributed by atoms with E-state index in [1.54, 1.807) is 36.4 Å². The number of esters is 2. The number of alkyl halides is 1. The van der Waals surface area contributed by atoms with Crippen LogP contribution in [0.4, 0.5) is 0 Å². The topological polar surface area (TPSA) is 107 Å². The van der Waals surface area contributed by atoms with E-state index >= 15 is 0 Å². The number of ether oxygens (including phenoxy) is 2. The molecule has 4 aliphatic rings. The summed E-state index contributed by atoms with van der Waals surface area (Å²) in [5.41, 5.74) is -2.07. The number of fused-ring (bicyclic) bond motifs is 5. The summed E-state index contributed by atoms with van der Waals surface area (Å²) in [5, 5.41) is 12.0. The maximum Gasteiger partial charge on any atom is 0.338 e. The largest absolute Gasteiger partial charge is 0.454 e. The molecule has 1 aromatic rings. The van der Waals surface area contributed by atoms with Gasteiger partial charge in [-0.3, -0.25) is 14.4 Å². The predicted molar refractivity (Wildman–Crippen MR) is 158 cm³/mol. The Balaban J connectivity index is 1.53. The first-order chi connectivity index (χ1) is 19.8. The van der Waals surface area contributed by atoms with Gasteiger partial charge in [0.25, 0.3) is 0 Å². The number of aliphatic hydroxyl groups is 1. The van der Waals surface area contributed by atoms with Crippen LogP contribution < -0.4 is 0 Å². The number of Topliss-reactive ketones (excluding diaryl/α,β-unsaturated/α-hetero) is 1. The number of hydrogen-bond donors (Lipinski definition) is 1. The first-order valence-electron chi connectivity index (χ1n) is 15.1. The van der Waals surface area contributed by atoms with E-state index in [2.05, 4.69) is 0 Å². The molecule has 0 aromatic heterocycles. The normalized spacial score (nSPS) is 38.5. The fourth-order valence-electron chi connectivity index (χ4n) is 8.85. The molecule has 42 heavy (non-hydrogen) atoms. The van der Waals surface area contributed by atoms with Gasteiger partial charge in [-0.25, -0.2) is 4.79 Å². The van der Waals surface area contributed by atoms with Crippen molar-refractivity contribution in [1.29, 1.82) is 0 Å². The molecule has 0 bridgehead atoms. The zero-order valence-electron chi connectivity index (χ0n) is 24.9. The molecule has 5 rings (SSSR count). The van der Waals surface area contributed by atoms with E-state index in [1.165, 1.54) is 6.08 Å². The number of aliphatic hydroxyl groups excluding tert-OH is 1. The zero-order chi connectivity index (χ0) is 30.5. The van der Waals surface area contributed by atoms with Gasteiger partial charge in [0.05, 0.1) is 16.5 Å². The van der Waals surface area contributed by atoms with Gasteiger partial charge in [-0.05, 0) is 68.2 Å². The molecule has 0 aliphatic heterocycles. The number of carbonyl (C=O) groups is 4. The van der Waals surface area contributed by atoms with Crippen LogP contribution in [-0.4, -0.2) is 51.8 Å². The van der Waals surface area contributed by atoms with Crippen molar-refractivity contribution in [2.75, 3.05) is 6.61 Å². The molecule has 0 unspecified atom stereocenters. The van der Waals surface area contributed by atoms with Crippen molar-refractivity contribution in [2.24, 2.45) is 28.6 Å². The second-order valence-electron chi connectivity index (χ2n) is 13.1. The number of ketones is 2. The van der Waals surface area contributed by atoms with Gasteiger partial charge in [-0.2, -0.15) is 0 Å². The fourth-order valence-corrected chi connectivity index (χ4v) is 9.37. The molecular formula is C34H41ClO7. The Morgan fingerprint density at radius 3 is 2.52 bits per heavy atom. The van der Waals surface area contributed by atoms with Crippen molar-refractivity contribution in [1.82, 2.24) is 0 Å². The number of unbranched alkanes of at least 4 members (excludes halogenated alkanes) is 1. The number of rotatable bonds is 8. The summed E-state index contributed by atoms with van der Waals surface area (Å²) in [6.45, 7) is 7.24. The van der Waals surface area contributed by atoms with Crippen LogP contribution in [0.5, 0.6) is 0 Å². The summed E-state index contributed by atoms with van der Waals surface area (Å²) in [4.78, 5) is 51.5. The standard InChI is InChI=1S/C34H41ClO7/c1-5-6-12-29(39)42-34(28(38)20-41-30(40)22-10-8-7-9-11-22)21(2)17-26-25-14-13-23-18-24(36)15-16-31(23,3)33(25,35)27(37)19-32(26,34)4/h7-11,15-16,18,21,25-27,37H,5-6,12-14,17,19-20H2,1-4H3/t21-,25+,26+,27+,31+,32+,33+,34+/m1/s1. The third-order valence-electron chi connectivity index (χ3n) is 10.9. The van der Waals surface area contributed by atoms with Crippen LogP contribution in [0, 0.1) is 28.6 Å². The average Bonchev–Trinajstić information content (AvgIpc) is 3.18. The van der Waals surface area contributed by atoms with Gasteiger partial charge < -0.3 is 14.6 Å². The SMILES string of the molecule is CCCCC(=O)O[C@]1(C(=O)COC(=O)c2ccccc2)[C@H](C)C[C@H]2[C@@H]3CCC4=CC(=O)C=C[C@]4(C)[C@@]3(Cl)[C@@H](O)C[C@@]21C. The lowest BCUT2D eigenvalue weighted by atomic mass is 9.45. The van der Waals surface area contributed by atoms with E-state index < -0.39 is 57.7 Å². The molecule has 0 spiro atoms. The van der Waals surface area contributed by atoms with Crippen molar-refractivity contribution in [3.05, 3.63) is 59.7 Å². The minimum atomic E-state index is -1.60. The molecule has 4 aliphatic carbocycles. The van der Waals surface area contributed by atoms with E-state index in [4.69, 9.17) is 21.1 Å². The molecule has 8 atom stereocenters. The van der Waals surface area contributed by atoms with E-state index in [9.17, 15) is 24.3 Å². The van der Waals surface area contributed by atoms with Gasteiger partial charge in [0.15, 0.2) is 18.0 Å². The van der Waals surface area contributed by atoms with Crippen molar-refractivity contribution < 1.29 is 33.8 Å². The van der Waals surface area contributed by atoms with Gasteiger partial charge >= 0.3 is 11.9 Å². The number of carbonyl (C=O) groups excluding carboxylic acids is 4. The van der Waals surface area contributed by atoms with Crippen molar-refractivity contribution in [2.45, 2.75) is 89.2 Å². The second kappa shape index (κ2) is 11.1. The van der Waals surface area contributed by atoms with Crippen molar-refractivity contribution in [3.8, 4) is 0 Å². The molecule has 0 heterocycles. The first-order valence-corrected chi connectivity index (χ1v) is 15.5. The minimum absolute atomic E-state index is 0.0838. The van der Waals surface area contributed by atoms with E-state index in [-0.39, 0.29) is 30.5 Å². The average molecular weight is 597 g/mol. The number of benzene rings is 1.